The molecule has 26 heavy (non-hydrogen) atoms. The molecule has 2 N–H and O–H groups in total. The van der Waals surface area contributed by atoms with Crippen molar-refractivity contribution in [1.29, 1.82) is 0 Å². The molecule has 0 radical (unpaired) electrons. The summed E-state index contributed by atoms with van der Waals surface area (Å²) in [5.41, 5.74) is 4.15. The van der Waals surface area contributed by atoms with Gasteiger partial charge >= 0.3 is 0 Å². The molecule has 0 saturated heterocycles. The van der Waals surface area contributed by atoms with Crippen molar-refractivity contribution in [2.45, 2.75) is 0 Å². The van der Waals surface area contributed by atoms with E-state index in [2.05, 4.69) is 20.8 Å². The van der Waals surface area contributed by atoms with Crippen molar-refractivity contribution in [2.24, 2.45) is 5.10 Å². The fourth-order valence-electron chi connectivity index (χ4n) is 1.99. The lowest BCUT2D eigenvalue weighted by Crippen LogP contribution is -2.18. The van der Waals surface area contributed by atoms with Gasteiger partial charge in [0.15, 0.2) is 5.13 Å². The summed E-state index contributed by atoms with van der Waals surface area (Å²) in [4.78, 5) is 26.4. The molecule has 0 aliphatic heterocycles. The van der Waals surface area contributed by atoms with Crippen LogP contribution in [0.1, 0.15) is 16.1 Å². The first-order valence-electron chi connectivity index (χ1n) is 7.47. The van der Waals surface area contributed by atoms with Gasteiger partial charge in [0.2, 0.25) is 0 Å². The second kappa shape index (κ2) is 7.99. The Morgan fingerprint density at radius 3 is 2.58 bits per heavy atom. The highest BCUT2D eigenvalue weighted by Gasteiger charge is 2.11. The monoisotopic (exact) mass is 367 g/mol. The minimum atomic E-state index is -0.467. The van der Waals surface area contributed by atoms with E-state index < -0.39 is 10.8 Å². The first-order valence-corrected chi connectivity index (χ1v) is 8.35. The summed E-state index contributed by atoms with van der Waals surface area (Å²) in [5, 5.41) is 19.6. The van der Waals surface area contributed by atoms with E-state index in [0.29, 0.717) is 10.8 Å². The van der Waals surface area contributed by atoms with Gasteiger partial charge in [0.1, 0.15) is 5.69 Å². The highest BCUT2D eigenvalue weighted by molar-refractivity contribution is 7.14. The molecule has 3 rings (SSSR count). The largest absolute Gasteiger partial charge is 0.332 e. The molecule has 1 aromatic heterocycles. The van der Waals surface area contributed by atoms with Gasteiger partial charge in [-0.05, 0) is 17.7 Å². The van der Waals surface area contributed by atoms with Gasteiger partial charge in [0.05, 0.1) is 11.1 Å². The minimum absolute atomic E-state index is 0.00559. The van der Waals surface area contributed by atoms with E-state index in [4.69, 9.17) is 0 Å². The van der Waals surface area contributed by atoms with Crippen molar-refractivity contribution < 1.29 is 9.72 Å². The number of nitro benzene ring substituents is 1. The van der Waals surface area contributed by atoms with Crippen LogP contribution in [0.25, 0.3) is 0 Å². The average molecular weight is 367 g/mol. The van der Waals surface area contributed by atoms with E-state index in [1.54, 1.807) is 23.7 Å². The molecule has 9 heteroatoms. The maximum Gasteiger partial charge on any atom is 0.290 e. The smallest absolute Gasteiger partial charge is 0.290 e. The number of aromatic nitrogens is 1. The number of carbonyl (C=O) groups excluding carboxylic acids is 1. The van der Waals surface area contributed by atoms with Gasteiger partial charge in [0, 0.05) is 23.2 Å². The molecule has 0 aliphatic rings. The standard InChI is InChI=1S/C17H13N5O3S/c23-16(21-18-10-12-4-2-1-3-5-12)15-11-26-17(20-15)19-13-6-8-14(9-7-13)22(24)25/h1-11H,(H,19,20)(H,21,23)/b18-10+. The van der Waals surface area contributed by atoms with Gasteiger partial charge in [-0.25, -0.2) is 10.4 Å². The van der Waals surface area contributed by atoms with Gasteiger partial charge in [0.25, 0.3) is 11.6 Å². The Morgan fingerprint density at radius 2 is 1.88 bits per heavy atom. The van der Waals surface area contributed by atoms with E-state index in [0.717, 1.165) is 5.56 Å². The van der Waals surface area contributed by atoms with E-state index in [-0.39, 0.29) is 11.4 Å². The minimum Gasteiger partial charge on any atom is -0.332 e. The number of hydrogen-bond acceptors (Lipinski definition) is 7. The number of hydrazone groups is 1. The van der Waals surface area contributed by atoms with Crippen molar-refractivity contribution in [3.63, 3.8) is 0 Å². The molecule has 0 aliphatic carbocycles. The predicted molar refractivity (Wildman–Crippen MR) is 100.0 cm³/mol. The second-order valence-corrected chi connectivity index (χ2v) is 5.93. The Kier molecular flexibility index (Phi) is 5.30. The highest BCUT2D eigenvalue weighted by Crippen LogP contribution is 2.22. The molecule has 8 nitrogen and oxygen atoms in total. The molecule has 0 unspecified atom stereocenters. The molecule has 0 spiro atoms. The maximum absolute atomic E-state index is 12.0. The van der Waals surface area contributed by atoms with Crippen LogP contribution < -0.4 is 10.7 Å². The van der Waals surface area contributed by atoms with Crippen molar-refractivity contribution in [2.75, 3.05) is 5.32 Å². The van der Waals surface area contributed by atoms with Gasteiger partial charge in [-0.3, -0.25) is 14.9 Å². The molecule has 1 heterocycles. The quantitative estimate of drug-likeness (QED) is 0.393. The van der Waals surface area contributed by atoms with Crippen LogP contribution in [0.4, 0.5) is 16.5 Å². The van der Waals surface area contributed by atoms with Crippen LogP contribution in [0, 0.1) is 10.1 Å². The van der Waals surface area contributed by atoms with Gasteiger partial charge < -0.3 is 5.32 Å². The summed E-state index contributed by atoms with van der Waals surface area (Å²) in [5.74, 6) is -0.426. The van der Waals surface area contributed by atoms with Gasteiger partial charge in [-0.1, -0.05) is 30.3 Å². The number of rotatable bonds is 6. The van der Waals surface area contributed by atoms with Crippen LogP contribution >= 0.6 is 11.3 Å². The molecule has 3 aromatic rings. The summed E-state index contributed by atoms with van der Waals surface area (Å²) in [6.45, 7) is 0. The van der Waals surface area contributed by atoms with Crippen molar-refractivity contribution in [1.82, 2.24) is 10.4 Å². The topological polar surface area (TPSA) is 110 Å². The first kappa shape index (κ1) is 17.2. The third kappa shape index (κ3) is 4.48. The number of anilines is 2. The number of nitro groups is 1. The zero-order valence-corrected chi connectivity index (χ0v) is 14.1. The molecule has 0 saturated carbocycles. The van der Waals surface area contributed by atoms with Crippen LogP contribution in [0.15, 0.2) is 65.1 Å². The van der Waals surface area contributed by atoms with Crippen LogP contribution in [0.3, 0.4) is 0 Å². The van der Waals surface area contributed by atoms with E-state index in [9.17, 15) is 14.9 Å². The zero-order chi connectivity index (χ0) is 18.4. The number of carbonyl (C=O) groups is 1. The molecule has 2 aromatic carbocycles. The van der Waals surface area contributed by atoms with E-state index >= 15 is 0 Å². The molecule has 130 valence electrons. The molecular weight excluding hydrogens is 354 g/mol. The fraction of sp³-hybridized carbons (Fsp3) is 0. The normalized spacial score (nSPS) is 10.6. The number of benzene rings is 2. The molecule has 0 fully saturated rings. The number of thiazole rings is 1. The van der Waals surface area contributed by atoms with Gasteiger partial charge in [-0.2, -0.15) is 5.10 Å². The Labute approximate surface area is 152 Å². The van der Waals surface area contributed by atoms with Crippen LogP contribution in [0.2, 0.25) is 0 Å². The zero-order valence-electron chi connectivity index (χ0n) is 13.3. The second-order valence-electron chi connectivity index (χ2n) is 5.08. The van der Waals surface area contributed by atoms with Crippen LogP contribution in [-0.2, 0) is 0 Å². The molecule has 0 bridgehead atoms. The fourth-order valence-corrected chi connectivity index (χ4v) is 2.70. The lowest BCUT2D eigenvalue weighted by atomic mass is 10.2. The molecule has 1 amide bonds. The summed E-state index contributed by atoms with van der Waals surface area (Å²) in [6, 6.07) is 15.3. The molecule has 0 atom stereocenters. The average Bonchev–Trinajstić information content (AvgIpc) is 3.11. The summed E-state index contributed by atoms with van der Waals surface area (Å²) in [6.07, 6.45) is 1.54. The number of nitrogens with zero attached hydrogens (tertiary/aromatic N) is 3. The Hall–Kier alpha value is -3.59. The summed E-state index contributed by atoms with van der Waals surface area (Å²) in [7, 11) is 0. The lowest BCUT2D eigenvalue weighted by Gasteiger charge is -2.01. The Bertz CT molecular complexity index is 939. The first-order chi connectivity index (χ1) is 12.6. The number of hydrogen-bond donors (Lipinski definition) is 2. The van der Waals surface area contributed by atoms with E-state index in [1.165, 1.54) is 23.5 Å². The third-order valence-corrected chi connectivity index (χ3v) is 4.00. The number of non-ortho nitro benzene ring substituents is 1. The van der Waals surface area contributed by atoms with Crippen LogP contribution in [0.5, 0.6) is 0 Å². The van der Waals surface area contributed by atoms with Crippen LogP contribution in [-0.4, -0.2) is 22.0 Å². The summed E-state index contributed by atoms with van der Waals surface area (Å²) < 4.78 is 0. The predicted octanol–water partition coefficient (Wildman–Crippen LogP) is 3.56. The Morgan fingerprint density at radius 1 is 1.15 bits per heavy atom. The van der Waals surface area contributed by atoms with Gasteiger partial charge in [-0.15, -0.1) is 11.3 Å². The van der Waals surface area contributed by atoms with E-state index in [1.807, 2.05) is 30.3 Å². The Balaban J connectivity index is 1.59. The molecular formula is C17H13N5O3S. The maximum atomic E-state index is 12.0. The van der Waals surface area contributed by atoms with Crippen molar-refractivity contribution >= 4 is 40.0 Å². The third-order valence-electron chi connectivity index (χ3n) is 3.25. The lowest BCUT2D eigenvalue weighted by molar-refractivity contribution is -0.384. The SMILES string of the molecule is O=C(N/N=C/c1ccccc1)c1csc(Nc2ccc([N+](=O)[O-])cc2)n1. The number of amides is 1. The number of nitrogens with one attached hydrogen (secondary N) is 2. The summed E-state index contributed by atoms with van der Waals surface area (Å²) >= 11 is 1.24. The highest BCUT2D eigenvalue weighted by atomic mass is 32.1. The van der Waals surface area contributed by atoms with Crippen molar-refractivity contribution in [3.05, 3.63) is 81.3 Å². The van der Waals surface area contributed by atoms with Crippen molar-refractivity contribution in [3.8, 4) is 0 Å².